The lowest BCUT2D eigenvalue weighted by molar-refractivity contribution is 0.620. The van der Waals surface area contributed by atoms with E-state index in [1.54, 1.807) is 24.8 Å². The Morgan fingerprint density at radius 2 is 1.86 bits per heavy atom. The van der Waals surface area contributed by atoms with Crippen molar-refractivity contribution in [2.75, 3.05) is 0 Å². The van der Waals surface area contributed by atoms with Gasteiger partial charge in [0.25, 0.3) is 0 Å². The molecular weight excluding hydrogens is 288 g/mol. The van der Waals surface area contributed by atoms with Crippen molar-refractivity contribution in [2.24, 2.45) is 0 Å². The molecule has 0 aliphatic rings. The fourth-order valence-corrected chi connectivity index (χ4v) is 2.32. The summed E-state index contributed by atoms with van der Waals surface area (Å²) in [6.07, 6.45) is 3.29. The highest BCUT2D eigenvalue weighted by molar-refractivity contribution is 6.31. The minimum absolute atomic E-state index is 0.558. The van der Waals surface area contributed by atoms with Gasteiger partial charge in [-0.05, 0) is 36.4 Å². The van der Waals surface area contributed by atoms with Crippen LogP contribution in [0.25, 0.3) is 28.2 Å². The Kier molecular flexibility index (Phi) is 2.72. The van der Waals surface area contributed by atoms with E-state index in [1.165, 1.54) is 0 Å². The fraction of sp³-hybridized carbons (Fsp3) is 0. The molecule has 0 aliphatic carbocycles. The topological polar surface area (TPSA) is 56.7 Å². The van der Waals surface area contributed by atoms with Crippen molar-refractivity contribution >= 4 is 22.7 Å². The van der Waals surface area contributed by atoms with Crippen LogP contribution in [0.15, 0.2) is 59.5 Å². The second kappa shape index (κ2) is 4.71. The standard InChI is InChI=1S/C15H9ClN4O/c16-11-4-5-14-13(7-11)19-15(21-14)10-2-1-3-12(6-10)20-8-17-18-9-20/h1-9H. The van der Waals surface area contributed by atoms with Crippen molar-refractivity contribution in [3.8, 4) is 17.1 Å². The number of fused-ring (bicyclic) bond motifs is 1. The molecule has 4 aromatic rings. The molecule has 21 heavy (non-hydrogen) atoms. The molecule has 0 aliphatic heterocycles. The summed E-state index contributed by atoms with van der Waals surface area (Å²) < 4.78 is 7.59. The van der Waals surface area contributed by atoms with E-state index in [9.17, 15) is 0 Å². The van der Waals surface area contributed by atoms with E-state index in [0.717, 1.165) is 16.8 Å². The molecule has 0 radical (unpaired) electrons. The van der Waals surface area contributed by atoms with Crippen molar-refractivity contribution < 1.29 is 4.42 Å². The molecule has 2 heterocycles. The predicted molar refractivity (Wildman–Crippen MR) is 79.4 cm³/mol. The molecule has 0 saturated heterocycles. The van der Waals surface area contributed by atoms with E-state index in [0.29, 0.717) is 16.5 Å². The van der Waals surface area contributed by atoms with E-state index in [2.05, 4.69) is 15.2 Å². The second-order valence-electron chi connectivity index (χ2n) is 4.55. The first kappa shape index (κ1) is 12.1. The van der Waals surface area contributed by atoms with Crippen molar-refractivity contribution in [1.82, 2.24) is 19.7 Å². The third kappa shape index (κ3) is 2.17. The van der Waals surface area contributed by atoms with Gasteiger partial charge in [-0.25, -0.2) is 4.98 Å². The van der Waals surface area contributed by atoms with Crippen molar-refractivity contribution in [3.05, 3.63) is 60.1 Å². The molecule has 0 bridgehead atoms. The molecule has 0 fully saturated rings. The van der Waals surface area contributed by atoms with Crippen LogP contribution >= 0.6 is 11.6 Å². The molecule has 4 rings (SSSR count). The molecule has 0 spiro atoms. The quantitative estimate of drug-likeness (QED) is 0.565. The van der Waals surface area contributed by atoms with E-state index >= 15 is 0 Å². The van der Waals surface area contributed by atoms with E-state index < -0.39 is 0 Å². The largest absolute Gasteiger partial charge is 0.436 e. The monoisotopic (exact) mass is 296 g/mol. The molecule has 0 unspecified atom stereocenters. The smallest absolute Gasteiger partial charge is 0.227 e. The Morgan fingerprint density at radius 1 is 1.00 bits per heavy atom. The molecule has 102 valence electrons. The third-order valence-electron chi connectivity index (χ3n) is 3.16. The molecule has 0 saturated carbocycles. The van der Waals surface area contributed by atoms with Gasteiger partial charge in [-0.15, -0.1) is 10.2 Å². The minimum Gasteiger partial charge on any atom is -0.436 e. The van der Waals surface area contributed by atoms with Gasteiger partial charge in [-0.3, -0.25) is 4.57 Å². The number of hydrogen-bond acceptors (Lipinski definition) is 4. The van der Waals surface area contributed by atoms with Crippen molar-refractivity contribution in [1.29, 1.82) is 0 Å². The summed E-state index contributed by atoms with van der Waals surface area (Å²) >= 11 is 5.97. The maximum atomic E-state index is 5.97. The average Bonchev–Trinajstić information content (AvgIpc) is 3.16. The van der Waals surface area contributed by atoms with Gasteiger partial charge in [0.05, 0.1) is 0 Å². The van der Waals surface area contributed by atoms with Crippen LogP contribution in [0.1, 0.15) is 0 Å². The van der Waals surface area contributed by atoms with Crippen molar-refractivity contribution in [2.45, 2.75) is 0 Å². The Hall–Kier alpha value is -2.66. The highest BCUT2D eigenvalue weighted by Crippen LogP contribution is 2.27. The molecule has 0 amide bonds. The van der Waals surface area contributed by atoms with Gasteiger partial charge in [0.2, 0.25) is 5.89 Å². The van der Waals surface area contributed by atoms with Crippen LogP contribution in [-0.2, 0) is 0 Å². The molecule has 6 heteroatoms. The third-order valence-corrected chi connectivity index (χ3v) is 3.39. The maximum Gasteiger partial charge on any atom is 0.227 e. The number of hydrogen-bond donors (Lipinski definition) is 0. The van der Waals surface area contributed by atoms with Crippen LogP contribution in [0.2, 0.25) is 5.02 Å². The number of aromatic nitrogens is 4. The van der Waals surface area contributed by atoms with Gasteiger partial charge in [0, 0.05) is 16.3 Å². The van der Waals surface area contributed by atoms with Gasteiger partial charge in [0.15, 0.2) is 5.58 Å². The lowest BCUT2D eigenvalue weighted by Gasteiger charge is -2.02. The maximum absolute atomic E-state index is 5.97. The Morgan fingerprint density at radius 3 is 2.71 bits per heavy atom. The van der Waals surface area contributed by atoms with Crippen LogP contribution in [0, 0.1) is 0 Å². The van der Waals surface area contributed by atoms with E-state index in [4.69, 9.17) is 16.0 Å². The molecular formula is C15H9ClN4O. The zero-order chi connectivity index (χ0) is 14.2. The Labute approximate surface area is 124 Å². The summed E-state index contributed by atoms with van der Waals surface area (Å²) in [5, 5.41) is 8.25. The van der Waals surface area contributed by atoms with Crippen LogP contribution in [0.3, 0.4) is 0 Å². The van der Waals surface area contributed by atoms with Crippen LogP contribution < -0.4 is 0 Å². The summed E-state index contributed by atoms with van der Waals surface area (Å²) in [5.41, 5.74) is 3.28. The van der Waals surface area contributed by atoms with Gasteiger partial charge in [-0.1, -0.05) is 17.7 Å². The zero-order valence-corrected chi connectivity index (χ0v) is 11.5. The summed E-state index contributed by atoms with van der Waals surface area (Å²) in [6.45, 7) is 0. The van der Waals surface area contributed by atoms with E-state index in [-0.39, 0.29) is 0 Å². The molecule has 0 atom stereocenters. The number of nitrogens with zero attached hydrogens (tertiary/aromatic N) is 4. The second-order valence-corrected chi connectivity index (χ2v) is 4.99. The Bertz CT molecular complexity index is 914. The summed E-state index contributed by atoms with van der Waals surface area (Å²) in [4.78, 5) is 4.47. The first-order chi connectivity index (χ1) is 10.3. The minimum atomic E-state index is 0.558. The number of rotatable bonds is 2. The SMILES string of the molecule is Clc1ccc2oc(-c3cccc(-n4cnnc4)c3)nc2c1. The molecule has 2 aromatic carbocycles. The predicted octanol–water partition coefficient (Wildman–Crippen LogP) is 3.73. The molecule has 2 aromatic heterocycles. The summed E-state index contributed by atoms with van der Waals surface area (Å²) in [6, 6.07) is 13.2. The summed E-state index contributed by atoms with van der Waals surface area (Å²) in [5.74, 6) is 0.558. The highest BCUT2D eigenvalue weighted by Gasteiger charge is 2.09. The average molecular weight is 297 g/mol. The lowest BCUT2D eigenvalue weighted by atomic mass is 10.2. The zero-order valence-electron chi connectivity index (χ0n) is 10.8. The van der Waals surface area contributed by atoms with Gasteiger partial charge < -0.3 is 4.42 Å². The first-order valence-corrected chi connectivity index (χ1v) is 6.69. The van der Waals surface area contributed by atoms with Gasteiger partial charge >= 0.3 is 0 Å². The fourth-order valence-electron chi connectivity index (χ4n) is 2.16. The van der Waals surface area contributed by atoms with Crippen LogP contribution in [0.4, 0.5) is 0 Å². The molecule has 0 N–H and O–H groups in total. The highest BCUT2D eigenvalue weighted by atomic mass is 35.5. The normalized spacial score (nSPS) is 11.1. The van der Waals surface area contributed by atoms with Gasteiger partial charge in [0.1, 0.15) is 18.2 Å². The molecule has 5 nitrogen and oxygen atoms in total. The number of halogens is 1. The number of benzene rings is 2. The number of oxazole rings is 1. The summed E-state index contributed by atoms with van der Waals surface area (Å²) in [7, 11) is 0. The van der Waals surface area contributed by atoms with Crippen LogP contribution in [0.5, 0.6) is 0 Å². The van der Waals surface area contributed by atoms with E-state index in [1.807, 2.05) is 34.9 Å². The van der Waals surface area contributed by atoms with Crippen molar-refractivity contribution in [3.63, 3.8) is 0 Å². The van der Waals surface area contributed by atoms with Gasteiger partial charge in [-0.2, -0.15) is 0 Å². The first-order valence-electron chi connectivity index (χ1n) is 6.31. The lowest BCUT2D eigenvalue weighted by Crippen LogP contribution is -1.90. The Balaban J connectivity index is 1.83. The van der Waals surface area contributed by atoms with Crippen LogP contribution in [-0.4, -0.2) is 19.7 Å².